The lowest BCUT2D eigenvalue weighted by Crippen LogP contribution is -2.44. The van der Waals surface area contributed by atoms with E-state index in [4.69, 9.17) is 21.0 Å². The number of guanidine groups is 1. The van der Waals surface area contributed by atoms with Gasteiger partial charge in [-0.2, -0.15) is 4.99 Å². The summed E-state index contributed by atoms with van der Waals surface area (Å²) in [4.78, 5) is 41.6. The fraction of sp³-hybridized carbons (Fsp3) is 0.321. The number of carbonyl (C=O) groups excluding carboxylic acids is 1. The number of carbonyl (C=O) groups is 1. The molecule has 200 valence electrons. The van der Waals surface area contributed by atoms with Crippen LogP contribution in [-0.4, -0.2) is 32.2 Å². The zero-order valence-electron chi connectivity index (χ0n) is 21.3. The molecule has 1 aliphatic carbocycles. The third-order valence-electron chi connectivity index (χ3n) is 6.93. The van der Waals surface area contributed by atoms with Crippen LogP contribution in [-0.2, 0) is 28.4 Å². The van der Waals surface area contributed by atoms with E-state index in [-0.39, 0.29) is 18.8 Å². The second kappa shape index (κ2) is 11.6. The van der Waals surface area contributed by atoms with Crippen molar-refractivity contribution in [3.05, 3.63) is 100 Å². The lowest BCUT2D eigenvalue weighted by atomic mass is 9.73. The molecule has 0 aliphatic heterocycles. The predicted molar refractivity (Wildman–Crippen MR) is 146 cm³/mol. The molecule has 0 saturated carbocycles. The summed E-state index contributed by atoms with van der Waals surface area (Å²) < 4.78 is 18.4. The molecule has 1 aromatic heterocycles. The van der Waals surface area contributed by atoms with E-state index in [1.165, 1.54) is 0 Å². The predicted octanol–water partition coefficient (Wildman–Crippen LogP) is 3.95. The molecule has 0 bridgehead atoms. The van der Waals surface area contributed by atoms with E-state index >= 15 is 0 Å². The number of fused-ring (bicyclic) bond motifs is 1. The molecule has 3 aromatic rings. The van der Waals surface area contributed by atoms with Crippen molar-refractivity contribution in [3.63, 3.8) is 0 Å². The summed E-state index contributed by atoms with van der Waals surface area (Å²) in [6, 6.07) is 20.8. The molecule has 1 amide bonds. The molecule has 9 nitrogen and oxygen atoms in total. The van der Waals surface area contributed by atoms with Crippen LogP contribution in [0.25, 0.3) is 0 Å². The van der Waals surface area contributed by atoms with Gasteiger partial charge in [-0.1, -0.05) is 67.1 Å². The minimum atomic E-state index is -4.93. The van der Waals surface area contributed by atoms with Crippen molar-refractivity contribution < 1.29 is 23.7 Å². The zero-order chi connectivity index (χ0) is 27.3. The average Bonchev–Trinajstić information content (AvgIpc) is 3.05. The average molecular weight is 537 g/mol. The second-order valence-corrected chi connectivity index (χ2v) is 10.9. The van der Waals surface area contributed by atoms with Crippen LogP contribution in [0.15, 0.2) is 71.7 Å². The van der Waals surface area contributed by atoms with Crippen molar-refractivity contribution in [1.82, 2.24) is 4.98 Å². The van der Waals surface area contributed by atoms with Crippen LogP contribution >= 0.6 is 7.82 Å². The SMILES string of the molecule is Cc1nc2c(cc1C(=O)N=C(N)N)CCCCC2C(Cc1ccccc1)(Cc1ccccc1)OP(=O)(O)O. The minimum absolute atomic E-state index is 0.257. The molecule has 4 rings (SSSR count). The van der Waals surface area contributed by atoms with E-state index in [0.717, 1.165) is 29.5 Å². The fourth-order valence-electron chi connectivity index (χ4n) is 5.43. The maximum Gasteiger partial charge on any atom is 0.470 e. The Morgan fingerprint density at radius 2 is 1.63 bits per heavy atom. The molecule has 0 saturated heterocycles. The summed E-state index contributed by atoms with van der Waals surface area (Å²) in [5.74, 6) is -1.37. The Labute approximate surface area is 222 Å². The van der Waals surface area contributed by atoms with E-state index < -0.39 is 25.2 Å². The molecular weight excluding hydrogens is 503 g/mol. The Morgan fingerprint density at radius 1 is 1.05 bits per heavy atom. The summed E-state index contributed by atoms with van der Waals surface area (Å²) in [7, 11) is -4.93. The number of amides is 1. The van der Waals surface area contributed by atoms with Crippen LogP contribution in [0.2, 0.25) is 0 Å². The zero-order valence-corrected chi connectivity index (χ0v) is 22.2. The quantitative estimate of drug-likeness (QED) is 0.146. The van der Waals surface area contributed by atoms with Crippen LogP contribution in [0, 0.1) is 6.92 Å². The van der Waals surface area contributed by atoms with Gasteiger partial charge in [0.1, 0.15) is 0 Å². The lowest BCUT2D eigenvalue weighted by molar-refractivity contribution is 0.00587. The molecule has 0 fully saturated rings. The van der Waals surface area contributed by atoms with Crippen molar-refractivity contribution >= 4 is 19.7 Å². The highest BCUT2D eigenvalue weighted by atomic mass is 31.2. The molecule has 1 unspecified atom stereocenters. The smallest absolute Gasteiger partial charge is 0.370 e. The second-order valence-electron chi connectivity index (χ2n) is 9.78. The lowest BCUT2D eigenvalue weighted by Gasteiger charge is -2.41. The molecule has 0 radical (unpaired) electrons. The first-order valence-corrected chi connectivity index (χ1v) is 14.1. The molecule has 1 heterocycles. The van der Waals surface area contributed by atoms with Crippen LogP contribution in [0.4, 0.5) is 0 Å². The van der Waals surface area contributed by atoms with Crippen molar-refractivity contribution in [1.29, 1.82) is 0 Å². The standard InChI is InChI=1S/C28H33N4O5P/c1-19-23(26(33)32-27(29)30)16-22-14-8-9-15-24(25(22)31-19)28(37-38(34,35)36,17-20-10-4-2-5-11-20)18-21-12-6-3-7-13-21/h2-7,10-13,16,24H,8-9,14-15,17-18H2,1H3,(H2,34,35,36)(H4,29,30,32,33). The number of aryl methyl sites for hydroxylation is 2. The number of phosphoric acid groups is 1. The van der Waals surface area contributed by atoms with Crippen LogP contribution in [0.5, 0.6) is 0 Å². The molecule has 1 atom stereocenters. The van der Waals surface area contributed by atoms with Gasteiger partial charge in [0.2, 0.25) is 0 Å². The first-order chi connectivity index (χ1) is 18.1. The number of aliphatic imine (C=N–C) groups is 1. The Kier molecular flexibility index (Phi) is 8.43. The summed E-state index contributed by atoms with van der Waals surface area (Å²) >= 11 is 0. The molecule has 6 N–H and O–H groups in total. The van der Waals surface area contributed by atoms with Gasteiger partial charge in [0.15, 0.2) is 5.96 Å². The van der Waals surface area contributed by atoms with Crippen LogP contribution in [0.1, 0.15) is 63.6 Å². The van der Waals surface area contributed by atoms with Gasteiger partial charge in [-0.05, 0) is 48.9 Å². The van der Waals surface area contributed by atoms with Crippen LogP contribution < -0.4 is 11.5 Å². The van der Waals surface area contributed by atoms with E-state index in [9.17, 15) is 19.1 Å². The van der Waals surface area contributed by atoms with Crippen molar-refractivity contribution in [2.24, 2.45) is 16.5 Å². The Hall–Kier alpha value is -3.36. The minimum Gasteiger partial charge on any atom is -0.370 e. The van der Waals surface area contributed by atoms with Gasteiger partial charge in [0.05, 0.1) is 16.9 Å². The summed E-state index contributed by atoms with van der Waals surface area (Å²) in [5.41, 5.74) is 13.6. The highest BCUT2D eigenvalue weighted by Gasteiger charge is 2.47. The van der Waals surface area contributed by atoms with Gasteiger partial charge in [-0.3, -0.25) is 14.3 Å². The van der Waals surface area contributed by atoms with Gasteiger partial charge in [-0.15, -0.1) is 0 Å². The summed E-state index contributed by atoms with van der Waals surface area (Å²) in [6.07, 6.45) is 3.41. The maximum atomic E-state index is 12.7. The highest BCUT2D eigenvalue weighted by Crippen LogP contribution is 2.52. The Bertz CT molecular complexity index is 1310. The monoisotopic (exact) mass is 536 g/mol. The molecule has 38 heavy (non-hydrogen) atoms. The van der Waals surface area contributed by atoms with Crippen molar-refractivity contribution in [3.8, 4) is 0 Å². The van der Waals surface area contributed by atoms with Gasteiger partial charge >= 0.3 is 7.82 Å². The first kappa shape index (κ1) is 27.7. The first-order valence-electron chi connectivity index (χ1n) is 12.5. The Morgan fingerprint density at radius 3 is 2.16 bits per heavy atom. The molecule has 2 aromatic carbocycles. The largest absolute Gasteiger partial charge is 0.470 e. The van der Waals surface area contributed by atoms with Gasteiger partial charge in [0, 0.05) is 24.5 Å². The third-order valence-corrected chi connectivity index (χ3v) is 7.54. The number of nitrogens with zero attached hydrogens (tertiary/aromatic N) is 2. The summed E-state index contributed by atoms with van der Waals surface area (Å²) in [6.45, 7) is 1.71. The molecule has 1 aliphatic rings. The summed E-state index contributed by atoms with van der Waals surface area (Å²) in [5, 5.41) is 0. The third kappa shape index (κ3) is 6.74. The Balaban J connectivity index is 1.92. The van der Waals surface area contributed by atoms with E-state index in [0.29, 0.717) is 29.8 Å². The van der Waals surface area contributed by atoms with Gasteiger partial charge in [-0.25, -0.2) is 4.57 Å². The van der Waals surface area contributed by atoms with Crippen molar-refractivity contribution in [2.45, 2.75) is 57.0 Å². The normalized spacial score (nSPS) is 15.8. The topological polar surface area (TPSA) is 161 Å². The highest BCUT2D eigenvalue weighted by molar-refractivity contribution is 7.46. The fourth-order valence-corrected chi connectivity index (χ4v) is 6.16. The van der Waals surface area contributed by atoms with E-state index in [2.05, 4.69) is 4.99 Å². The van der Waals surface area contributed by atoms with E-state index in [1.807, 2.05) is 60.7 Å². The maximum absolute atomic E-state index is 12.7. The molecule has 10 heteroatoms. The van der Waals surface area contributed by atoms with Gasteiger partial charge in [0.25, 0.3) is 5.91 Å². The van der Waals surface area contributed by atoms with E-state index in [1.54, 1.807) is 13.0 Å². The number of phosphoric ester groups is 1. The number of aromatic nitrogens is 1. The molecule has 0 spiro atoms. The number of nitrogens with two attached hydrogens (primary N) is 2. The van der Waals surface area contributed by atoms with Crippen LogP contribution in [0.3, 0.4) is 0 Å². The molecular formula is C28H33N4O5P. The number of pyridine rings is 1. The van der Waals surface area contributed by atoms with Gasteiger partial charge < -0.3 is 21.3 Å². The number of rotatable bonds is 8. The number of benzene rings is 2. The van der Waals surface area contributed by atoms with Crippen molar-refractivity contribution in [2.75, 3.05) is 0 Å². The number of hydrogen-bond acceptors (Lipinski definition) is 4. The number of hydrogen-bond donors (Lipinski definition) is 4.